The number of aliphatic hydroxyl groups is 2. The minimum Gasteiger partial charge on any atom is -0.504 e. The van der Waals surface area contributed by atoms with Crippen molar-refractivity contribution in [2.75, 3.05) is 143 Å². The van der Waals surface area contributed by atoms with E-state index in [0.29, 0.717) is 52.1 Å². The number of thiol groups is 6. The van der Waals surface area contributed by atoms with Crippen molar-refractivity contribution in [1.29, 1.82) is 0 Å². The van der Waals surface area contributed by atoms with Crippen LogP contribution in [0.25, 0.3) is 0 Å². The van der Waals surface area contributed by atoms with E-state index in [4.69, 9.17) is 19.7 Å². The van der Waals surface area contributed by atoms with E-state index in [1.165, 1.54) is 49.9 Å². The molecule has 0 atom stereocenters. The molecule has 4 amide bonds. The van der Waals surface area contributed by atoms with Gasteiger partial charge in [-0.3, -0.25) is 29.8 Å². The summed E-state index contributed by atoms with van der Waals surface area (Å²) in [5.74, 6) is 0.512. The monoisotopic (exact) mass is 1300 g/mol. The zero-order valence-electron chi connectivity index (χ0n) is 49.3. The topological polar surface area (TPSA) is 328 Å². The lowest BCUT2D eigenvalue weighted by Gasteiger charge is -2.09. The largest absolute Gasteiger partial charge is 0.504 e. The summed E-state index contributed by atoms with van der Waals surface area (Å²) in [5.41, 5.74) is 1.60. The third-order valence-electron chi connectivity index (χ3n) is 11.5. The van der Waals surface area contributed by atoms with Crippen LogP contribution in [0.3, 0.4) is 0 Å². The molecule has 0 saturated carbocycles. The normalized spacial score (nSPS) is 10.8. The fourth-order valence-corrected chi connectivity index (χ4v) is 7.75. The summed E-state index contributed by atoms with van der Waals surface area (Å²) in [4.78, 5) is 47.2. The van der Waals surface area contributed by atoms with Gasteiger partial charge < -0.3 is 82.6 Å². The van der Waals surface area contributed by atoms with E-state index in [9.17, 15) is 39.6 Å². The van der Waals surface area contributed by atoms with E-state index in [1.807, 2.05) is 0 Å². The smallest absolute Gasteiger partial charge is 0.220 e. The first-order valence-corrected chi connectivity index (χ1v) is 32.6. The number of rotatable bonds is 50. The van der Waals surface area contributed by atoms with Crippen LogP contribution in [0, 0.1) is 0 Å². The van der Waals surface area contributed by atoms with Crippen molar-refractivity contribution in [2.24, 2.45) is 0 Å². The van der Waals surface area contributed by atoms with Gasteiger partial charge >= 0.3 is 0 Å². The minimum atomic E-state index is -0.200. The summed E-state index contributed by atoms with van der Waals surface area (Å²) in [6.07, 6.45) is 12.3. The molecule has 28 heteroatoms. The van der Waals surface area contributed by atoms with E-state index < -0.39 is 0 Å². The van der Waals surface area contributed by atoms with Gasteiger partial charge in [0.2, 0.25) is 23.6 Å². The predicted molar refractivity (Wildman–Crippen MR) is 358 cm³/mol. The summed E-state index contributed by atoms with van der Waals surface area (Å²) >= 11 is 24.6. The molecule has 2 rings (SSSR count). The second-order valence-corrected chi connectivity index (χ2v) is 22.6. The van der Waals surface area contributed by atoms with Gasteiger partial charge in [-0.05, 0) is 111 Å². The Kier molecular flexibility index (Phi) is 62.7. The second kappa shape index (κ2) is 63.2. The number of phenolic OH excluding ortho intramolecular Hbond substituents is 4. The fourth-order valence-electron chi connectivity index (χ4n) is 6.78. The lowest BCUT2D eigenvalue weighted by Crippen LogP contribution is -2.37. The van der Waals surface area contributed by atoms with Crippen molar-refractivity contribution in [2.45, 2.75) is 112 Å². The van der Waals surface area contributed by atoms with Crippen molar-refractivity contribution < 1.29 is 59.3 Å². The van der Waals surface area contributed by atoms with Crippen molar-refractivity contribution in [3.63, 3.8) is 0 Å². The lowest BCUT2D eigenvalue weighted by atomic mass is 10.1. The molecule has 0 aliphatic heterocycles. The summed E-state index contributed by atoms with van der Waals surface area (Å²) in [7, 11) is 0. The molecular formula is C56H106N10O12S6. The number of unbranched alkanes of at least 4 members (excludes halogenated alkanes) is 6. The number of amides is 4. The van der Waals surface area contributed by atoms with Crippen LogP contribution in [0.4, 0.5) is 0 Å². The van der Waals surface area contributed by atoms with Gasteiger partial charge in [0, 0.05) is 157 Å². The Balaban J connectivity index is 0. The summed E-state index contributed by atoms with van der Waals surface area (Å²) in [5, 5.41) is 84.5. The van der Waals surface area contributed by atoms with E-state index in [2.05, 4.69) is 129 Å². The zero-order chi connectivity index (χ0) is 62.5. The van der Waals surface area contributed by atoms with Gasteiger partial charge in [0.15, 0.2) is 23.0 Å². The van der Waals surface area contributed by atoms with Crippen LogP contribution in [0.5, 0.6) is 23.0 Å². The molecule has 0 fully saturated rings. The third kappa shape index (κ3) is 60.9. The zero-order valence-corrected chi connectivity index (χ0v) is 54.7. The van der Waals surface area contributed by atoms with E-state index in [0.717, 1.165) is 140 Å². The van der Waals surface area contributed by atoms with Crippen LogP contribution in [0.1, 0.15) is 101 Å². The van der Waals surface area contributed by atoms with Gasteiger partial charge in [0.25, 0.3) is 0 Å². The van der Waals surface area contributed by atoms with Crippen LogP contribution >= 0.6 is 75.8 Å². The number of hydrogen-bond acceptors (Lipinski definition) is 24. The molecule has 488 valence electrons. The minimum absolute atomic E-state index is 0.111. The maximum absolute atomic E-state index is 11.8. The molecular weight excluding hydrogens is 1200 g/mol. The SMILES string of the molecule is O=C(CCC(=O)NCCc1ccc(O)c(O)c1)NCCNCCNCCNC(S)S.O=C(CCC(=O)NCCc1ccc(O)c(O)c1)NCCNCCNCCNC(S)S.OCCCCOCCCCCS.OCCCCOCCCCCS. The van der Waals surface area contributed by atoms with E-state index in [1.54, 1.807) is 12.1 Å². The number of ether oxygens (including phenoxy) is 2. The molecule has 16 N–H and O–H groups in total. The second-order valence-electron chi connectivity index (χ2n) is 18.9. The molecule has 2 aromatic rings. The van der Waals surface area contributed by atoms with E-state index in [-0.39, 0.29) is 94.9 Å². The number of aliphatic hydroxyl groups excluding tert-OH is 2. The van der Waals surface area contributed by atoms with Gasteiger partial charge in [-0.15, -0.1) is 50.5 Å². The molecule has 0 heterocycles. The Morgan fingerprint density at radius 3 is 0.976 bits per heavy atom. The standard InChI is InChI=1S/2C19H33N5O4S2.2C9H20O2S/c2*25-15-2-1-14(13-16(15)26)5-6-22-17(27)3-4-18(28)23-11-9-20-7-8-21-10-12-24-19(29)30;2*10-6-2-4-8-11-7-3-1-5-9-12/h2*1-2,13,19-21,24-26,29-30H,3-12H2,(H,22,27)(H,23,28);2*10,12H,1-9H2. The highest BCUT2D eigenvalue weighted by atomic mass is 32.2. The van der Waals surface area contributed by atoms with Crippen molar-refractivity contribution >= 4 is 99.4 Å². The molecule has 0 spiro atoms. The number of phenols is 4. The summed E-state index contributed by atoms with van der Waals surface area (Å²) < 4.78 is 10.5. The molecule has 0 aliphatic carbocycles. The molecule has 84 heavy (non-hydrogen) atoms. The van der Waals surface area contributed by atoms with E-state index >= 15 is 0 Å². The molecule has 0 aliphatic rings. The Bertz CT molecular complexity index is 1730. The number of hydrogen-bond donors (Lipinski definition) is 22. The van der Waals surface area contributed by atoms with Gasteiger partial charge in [-0.25, -0.2) is 0 Å². The molecule has 0 aromatic heterocycles. The molecule has 0 unspecified atom stereocenters. The molecule has 2 aromatic carbocycles. The Hall–Kier alpha value is -2.78. The Morgan fingerprint density at radius 2 is 0.679 bits per heavy atom. The molecule has 0 radical (unpaired) electrons. The van der Waals surface area contributed by atoms with Crippen LogP contribution in [-0.4, -0.2) is 206 Å². The molecule has 0 saturated heterocycles. The highest BCUT2D eigenvalue weighted by Gasteiger charge is 2.09. The van der Waals surface area contributed by atoms with Crippen molar-refractivity contribution in [3.05, 3.63) is 47.5 Å². The Labute approximate surface area is 534 Å². The average Bonchev–Trinajstić information content (AvgIpc) is 3.51. The third-order valence-corrected chi connectivity index (χ3v) is 12.8. The first-order valence-electron chi connectivity index (χ1n) is 29.3. The van der Waals surface area contributed by atoms with Gasteiger partial charge in [0.1, 0.15) is 0 Å². The predicted octanol–water partition coefficient (Wildman–Crippen LogP) is 2.88. The summed E-state index contributed by atoms with van der Waals surface area (Å²) in [6, 6.07) is 9.08. The highest BCUT2D eigenvalue weighted by molar-refractivity contribution is 7.99. The number of benzene rings is 2. The van der Waals surface area contributed by atoms with Gasteiger partial charge in [-0.1, -0.05) is 25.0 Å². The maximum atomic E-state index is 11.8. The first kappa shape index (κ1) is 83.3. The maximum Gasteiger partial charge on any atom is 0.220 e. The van der Waals surface area contributed by atoms with Gasteiger partial charge in [0.05, 0.1) is 9.41 Å². The number of carbonyl (C=O) groups is 4. The Morgan fingerprint density at radius 1 is 0.381 bits per heavy atom. The van der Waals surface area contributed by atoms with Crippen LogP contribution < -0.4 is 53.2 Å². The quantitative estimate of drug-likeness (QED) is 0.0196. The van der Waals surface area contributed by atoms with Crippen LogP contribution in [0.15, 0.2) is 36.4 Å². The van der Waals surface area contributed by atoms with Crippen molar-refractivity contribution in [3.8, 4) is 23.0 Å². The first-order chi connectivity index (χ1) is 40.6. The summed E-state index contributed by atoms with van der Waals surface area (Å²) in [6.45, 7) is 13.5. The molecule has 22 nitrogen and oxygen atoms in total. The van der Waals surface area contributed by atoms with Crippen molar-refractivity contribution in [1.82, 2.24) is 53.2 Å². The average molecular weight is 1300 g/mol. The number of aromatic hydroxyl groups is 4. The van der Waals surface area contributed by atoms with Crippen LogP contribution in [-0.2, 0) is 41.5 Å². The number of nitrogens with one attached hydrogen (secondary N) is 10. The highest BCUT2D eigenvalue weighted by Crippen LogP contribution is 2.25. The fraction of sp³-hybridized carbons (Fsp3) is 0.714. The van der Waals surface area contributed by atoms with Gasteiger partial charge in [-0.2, -0.15) is 25.3 Å². The lowest BCUT2D eigenvalue weighted by molar-refractivity contribution is -0.126. The number of carbonyl (C=O) groups excluding carboxylic acids is 4. The molecule has 0 bridgehead atoms. The van der Waals surface area contributed by atoms with Crippen LogP contribution in [0.2, 0.25) is 0 Å².